The number of hydrogen-bond donors (Lipinski definition) is 4. The molecule has 0 heterocycles. The van der Waals surface area contributed by atoms with Gasteiger partial charge < -0.3 is 21.7 Å². The number of nitrogens with two attached hydrogens (primary N) is 2. The molecule has 0 radical (unpaired) electrons. The predicted molar refractivity (Wildman–Crippen MR) is 74.1 cm³/mol. The summed E-state index contributed by atoms with van der Waals surface area (Å²) in [5.74, 6) is 0.612. The van der Waals surface area contributed by atoms with E-state index in [0.717, 1.165) is 6.42 Å². The molecule has 0 aromatic heterocycles. The molecule has 0 bridgehead atoms. The highest BCUT2D eigenvalue weighted by Gasteiger charge is 2.29. The number of rotatable bonds is 6. The molecule has 1 aliphatic carbocycles. The zero-order valence-corrected chi connectivity index (χ0v) is 11.8. The zero-order valence-electron chi connectivity index (χ0n) is 11.8. The van der Waals surface area contributed by atoms with Gasteiger partial charge in [-0.15, -0.1) is 0 Å². The number of aliphatic hydroxyl groups excluding tert-OH is 2. The predicted octanol–water partition coefficient (Wildman–Crippen LogP) is 1.13. The van der Waals surface area contributed by atoms with E-state index in [1.165, 1.54) is 32.1 Å². The Morgan fingerprint density at radius 3 is 2.22 bits per heavy atom. The van der Waals surface area contributed by atoms with Gasteiger partial charge in [-0.1, -0.05) is 32.1 Å². The maximum absolute atomic E-state index is 10.0. The van der Waals surface area contributed by atoms with Crippen molar-refractivity contribution < 1.29 is 10.2 Å². The number of aliphatic hydroxyl groups is 2. The van der Waals surface area contributed by atoms with Crippen molar-refractivity contribution in [1.82, 2.24) is 0 Å². The van der Waals surface area contributed by atoms with Gasteiger partial charge in [0.2, 0.25) is 0 Å². The summed E-state index contributed by atoms with van der Waals surface area (Å²) in [6, 6.07) is -0.342. The lowest BCUT2D eigenvalue weighted by atomic mass is 9.82. The Hall–Kier alpha value is -0.160. The summed E-state index contributed by atoms with van der Waals surface area (Å²) < 4.78 is 0. The minimum absolute atomic E-state index is 0.342. The monoisotopic (exact) mass is 258 g/mol. The van der Waals surface area contributed by atoms with Crippen molar-refractivity contribution >= 4 is 0 Å². The van der Waals surface area contributed by atoms with E-state index in [4.69, 9.17) is 11.5 Å². The molecule has 0 aromatic rings. The van der Waals surface area contributed by atoms with E-state index in [1.807, 2.05) is 13.8 Å². The molecule has 1 fully saturated rings. The maximum Gasteiger partial charge on any atom is 0.0950 e. The van der Waals surface area contributed by atoms with Crippen molar-refractivity contribution in [2.75, 3.05) is 0 Å². The fraction of sp³-hybridized carbons (Fsp3) is 1.00. The van der Waals surface area contributed by atoms with Gasteiger partial charge in [-0.3, -0.25) is 0 Å². The summed E-state index contributed by atoms with van der Waals surface area (Å²) in [6.07, 6.45) is 5.75. The minimum Gasteiger partial charge on any atom is -0.390 e. The molecule has 6 N–H and O–H groups in total. The van der Waals surface area contributed by atoms with Gasteiger partial charge in [-0.25, -0.2) is 0 Å². The largest absolute Gasteiger partial charge is 0.390 e. The normalized spacial score (nSPS) is 23.7. The Balaban J connectivity index is 2.37. The van der Waals surface area contributed by atoms with Gasteiger partial charge in [-0.2, -0.15) is 0 Å². The Labute approximate surface area is 111 Å². The standard InChI is InChI=1S/C14H30N2O2/c1-14(2,16)9-12(17)13(18)11(15)8-10-6-4-3-5-7-10/h10-13,17-18H,3-9,15-16H2,1-2H3/t11-,12-,13+/m0/s1. The average molecular weight is 258 g/mol. The first-order valence-electron chi connectivity index (χ1n) is 7.20. The van der Waals surface area contributed by atoms with Gasteiger partial charge in [0.15, 0.2) is 0 Å². The average Bonchev–Trinajstić information content (AvgIpc) is 2.27. The van der Waals surface area contributed by atoms with Gasteiger partial charge in [0.25, 0.3) is 0 Å². The molecule has 1 saturated carbocycles. The Kier molecular flexibility index (Phi) is 6.05. The van der Waals surface area contributed by atoms with Gasteiger partial charge in [-0.05, 0) is 32.6 Å². The molecule has 1 rings (SSSR count). The number of hydrogen-bond acceptors (Lipinski definition) is 4. The summed E-state index contributed by atoms with van der Waals surface area (Å²) >= 11 is 0. The summed E-state index contributed by atoms with van der Waals surface area (Å²) in [6.45, 7) is 3.69. The van der Waals surface area contributed by atoms with Crippen molar-refractivity contribution in [2.24, 2.45) is 17.4 Å². The highest BCUT2D eigenvalue weighted by molar-refractivity contribution is 4.86. The Morgan fingerprint density at radius 2 is 1.72 bits per heavy atom. The van der Waals surface area contributed by atoms with Crippen LogP contribution in [0.1, 0.15) is 58.8 Å². The van der Waals surface area contributed by atoms with Crippen molar-refractivity contribution in [1.29, 1.82) is 0 Å². The quantitative estimate of drug-likeness (QED) is 0.575. The van der Waals surface area contributed by atoms with Crippen LogP contribution < -0.4 is 11.5 Å². The first kappa shape index (κ1) is 15.9. The smallest absolute Gasteiger partial charge is 0.0950 e. The van der Waals surface area contributed by atoms with Crippen LogP contribution in [0, 0.1) is 5.92 Å². The van der Waals surface area contributed by atoms with Crippen molar-refractivity contribution in [2.45, 2.75) is 82.6 Å². The molecule has 4 nitrogen and oxygen atoms in total. The maximum atomic E-state index is 10.0. The second-order valence-corrected chi connectivity index (χ2v) is 6.65. The van der Waals surface area contributed by atoms with Crippen molar-refractivity contribution in [3.8, 4) is 0 Å². The molecule has 0 saturated heterocycles. The fourth-order valence-corrected chi connectivity index (χ4v) is 2.89. The fourth-order valence-electron chi connectivity index (χ4n) is 2.89. The van der Waals surface area contributed by atoms with Gasteiger partial charge in [0.1, 0.15) is 0 Å². The first-order chi connectivity index (χ1) is 8.29. The van der Waals surface area contributed by atoms with E-state index >= 15 is 0 Å². The first-order valence-corrected chi connectivity index (χ1v) is 7.20. The van der Waals surface area contributed by atoms with Crippen molar-refractivity contribution in [3.05, 3.63) is 0 Å². The van der Waals surface area contributed by atoms with Crippen LogP contribution in [-0.4, -0.2) is 34.0 Å². The summed E-state index contributed by atoms with van der Waals surface area (Å²) in [5.41, 5.74) is 11.4. The van der Waals surface area contributed by atoms with Crippen LogP contribution in [-0.2, 0) is 0 Å². The van der Waals surface area contributed by atoms with Crippen LogP contribution in [0.3, 0.4) is 0 Å². The van der Waals surface area contributed by atoms with Crippen LogP contribution >= 0.6 is 0 Å². The van der Waals surface area contributed by atoms with Crippen LogP contribution in [0.25, 0.3) is 0 Å². The van der Waals surface area contributed by atoms with Gasteiger partial charge in [0, 0.05) is 11.6 Å². The summed E-state index contributed by atoms with van der Waals surface area (Å²) in [4.78, 5) is 0. The van der Waals surface area contributed by atoms with E-state index in [0.29, 0.717) is 12.3 Å². The molecule has 0 unspecified atom stereocenters. The lowest BCUT2D eigenvalue weighted by Crippen LogP contribution is -2.48. The van der Waals surface area contributed by atoms with E-state index in [1.54, 1.807) is 0 Å². The second-order valence-electron chi connectivity index (χ2n) is 6.65. The van der Waals surface area contributed by atoms with Crippen LogP contribution in [0.15, 0.2) is 0 Å². The topological polar surface area (TPSA) is 92.5 Å². The third kappa shape index (κ3) is 5.65. The molecule has 0 aromatic carbocycles. The summed E-state index contributed by atoms with van der Waals surface area (Å²) in [5, 5.41) is 20.0. The zero-order chi connectivity index (χ0) is 13.8. The molecule has 3 atom stereocenters. The van der Waals surface area contributed by atoms with Gasteiger partial charge >= 0.3 is 0 Å². The molecule has 0 spiro atoms. The highest BCUT2D eigenvalue weighted by Crippen LogP contribution is 2.28. The molecule has 0 amide bonds. The van der Waals surface area contributed by atoms with E-state index in [-0.39, 0.29) is 6.04 Å². The molecular formula is C14H30N2O2. The lowest BCUT2D eigenvalue weighted by Gasteiger charge is -2.31. The Bertz CT molecular complexity index is 234. The van der Waals surface area contributed by atoms with Crippen LogP contribution in [0.2, 0.25) is 0 Å². The molecule has 108 valence electrons. The molecular weight excluding hydrogens is 228 g/mol. The lowest BCUT2D eigenvalue weighted by molar-refractivity contribution is -0.0143. The third-order valence-corrected chi connectivity index (χ3v) is 3.90. The van der Waals surface area contributed by atoms with E-state index in [9.17, 15) is 10.2 Å². The second kappa shape index (κ2) is 6.85. The minimum atomic E-state index is -0.866. The molecule has 1 aliphatic rings. The van der Waals surface area contributed by atoms with E-state index in [2.05, 4.69) is 0 Å². The highest BCUT2D eigenvalue weighted by atomic mass is 16.3. The SMILES string of the molecule is CC(C)(N)C[C@H](O)[C@H](O)[C@@H](N)CC1CCCCC1. The van der Waals surface area contributed by atoms with Crippen LogP contribution in [0.5, 0.6) is 0 Å². The molecule has 4 heteroatoms. The molecule has 18 heavy (non-hydrogen) atoms. The molecule has 0 aliphatic heterocycles. The third-order valence-electron chi connectivity index (χ3n) is 3.90. The van der Waals surface area contributed by atoms with Crippen LogP contribution in [0.4, 0.5) is 0 Å². The van der Waals surface area contributed by atoms with Gasteiger partial charge in [0.05, 0.1) is 12.2 Å². The Morgan fingerprint density at radius 1 is 1.17 bits per heavy atom. The van der Waals surface area contributed by atoms with Crippen molar-refractivity contribution in [3.63, 3.8) is 0 Å². The van der Waals surface area contributed by atoms with E-state index < -0.39 is 17.7 Å². The summed E-state index contributed by atoms with van der Waals surface area (Å²) in [7, 11) is 0.